The van der Waals surface area contributed by atoms with Crippen molar-refractivity contribution in [3.05, 3.63) is 35.9 Å². The van der Waals surface area contributed by atoms with Crippen LogP contribution in [0.5, 0.6) is 0 Å². The van der Waals surface area contributed by atoms with Crippen LogP contribution in [-0.4, -0.2) is 25.4 Å². The third kappa shape index (κ3) is 3.90. The molecule has 4 atom stereocenters. The van der Waals surface area contributed by atoms with Crippen LogP contribution in [0, 0.1) is 11.8 Å². The van der Waals surface area contributed by atoms with Crippen LogP contribution in [0.1, 0.15) is 51.5 Å². The summed E-state index contributed by atoms with van der Waals surface area (Å²) in [6.45, 7) is 4.19. The Labute approximate surface area is 152 Å². The summed E-state index contributed by atoms with van der Waals surface area (Å²) in [5.74, 6) is -0.474. The van der Waals surface area contributed by atoms with Gasteiger partial charge in [-0.2, -0.15) is 13.2 Å². The molecule has 26 heavy (non-hydrogen) atoms. The van der Waals surface area contributed by atoms with Gasteiger partial charge < -0.3 is 9.47 Å². The van der Waals surface area contributed by atoms with E-state index in [0.29, 0.717) is 24.7 Å². The molecule has 6 heteroatoms. The SMILES string of the molecule is CC[C@@H]1C[C@H](OC(=O)C(OC)(c2ccccc2)C(F)(F)F)CC[C@@H]1CC. The molecule has 0 N–H and O–H groups in total. The van der Waals surface area contributed by atoms with Gasteiger partial charge in [0.1, 0.15) is 6.10 Å². The molecule has 1 aromatic carbocycles. The largest absolute Gasteiger partial charge is 0.460 e. The highest BCUT2D eigenvalue weighted by Gasteiger charge is 2.64. The summed E-state index contributed by atoms with van der Waals surface area (Å²) in [6, 6.07) is 6.95. The van der Waals surface area contributed by atoms with E-state index < -0.39 is 23.9 Å². The van der Waals surface area contributed by atoms with Gasteiger partial charge in [-0.15, -0.1) is 0 Å². The second-order valence-electron chi connectivity index (χ2n) is 6.93. The first-order valence-electron chi connectivity index (χ1n) is 9.18. The van der Waals surface area contributed by atoms with E-state index in [1.165, 1.54) is 24.3 Å². The number of alkyl halides is 3. The molecule has 1 aliphatic rings. The zero-order valence-corrected chi connectivity index (χ0v) is 15.5. The maximum absolute atomic E-state index is 13.9. The Morgan fingerprint density at radius 2 is 1.69 bits per heavy atom. The van der Waals surface area contributed by atoms with Crippen LogP contribution in [0.2, 0.25) is 0 Å². The lowest BCUT2D eigenvalue weighted by Crippen LogP contribution is -2.52. The van der Waals surface area contributed by atoms with Crippen molar-refractivity contribution in [2.24, 2.45) is 11.8 Å². The van der Waals surface area contributed by atoms with Gasteiger partial charge >= 0.3 is 12.1 Å². The molecule has 2 rings (SSSR count). The molecular formula is C20H27F3O3. The molecule has 0 aliphatic heterocycles. The summed E-state index contributed by atoms with van der Waals surface area (Å²) >= 11 is 0. The van der Waals surface area contributed by atoms with Crippen molar-refractivity contribution in [1.82, 2.24) is 0 Å². The number of methoxy groups -OCH3 is 1. The fourth-order valence-electron chi connectivity index (χ4n) is 4.05. The summed E-state index contributed by atoms with van der Waals surface area (Å²) in [6.07, 6.45) is -1.40. The fraction of sp³-hybridized carbons (Fsp3) is 0.650. The van der Waals surface area contributed by atoms with E-state index in [1.54, 1.807) is 6.07 Å². The maximum Gasteiger partial charge on any atom is 0.432 e. The van der Waals surface area contributed by atoms with Gasteiger partial charge in [0, 0.05) is 12.7 Å². The molecule has 1 saturated carbocycles. The Balaban J connectivity index is 2.26. The predicted molar refractivity (Wildman–Crippen MR) is 92.5 cm³/mol. The second kappa shape index (κ2) is 8.42. The van der Waals surface area contributed by atoms with Gasteiger partial charge in [-0.3, -0.25) is 0 Å². The Hall–Kier alpha value is -1.56. The van der Waals surface area contributed by atoms with Crippen LogP contribution in [-0.2, 0) is 19.9 Å². The van der Waals surface area contributed by atoms with Gasteiger partial charge in [0.15, 0.2) is 0 Å². The number of benzene rings is 1. The maximum atomic E-state index is 13.9. The summed E-state index contributed by atoms with van der Waals surface area (Å²) < 4.78 is 51.9. The van der Waals surface area contributed by atoms with E-state index in [0.717, 1.165) is 26.4 Å². The van der Waals surface area contributed by atoms with E-state index in [4.69, 9.17) is 9.47 Å². The van der Waals surface area contributed by atoms with Crippen molar-refractivity contribution in [3.8, 4) is 0 Å². The molecule has 1 fully saturated rings. The van der Waals surface area contributed by atoms with Crippen molar-refractivity contribution in [2.45, 2.75) is 63.8 Å². The van der Waals surface area contributed by atoms with E-state index >= 15 is 0 Å². The zero-order chi connectivity index (χ0) is 19.4. The van der Waals surface area contributed by atoms with Crippen molar-refractivity contribution < 1.29 is 27.4 Å². The molecule has 1 aliphatic carbocycles. The molecule has 146 valence electrons. The molecule has 0 amide bonds. The average Bonchev–Trinajstić information content (AvgIpc) is 2.62. The number of halogens is 3. The molecule has 0 bridgehead atoms. The van der Waals surface area contributed by atoms with E-state index in [9.17, 15) is 18.0 Å². The first-order chi connectivity index (χ1) is 12.3. The first-order valence-corrected chi connectivity index (χ1v) is 9.18. The number of hydrogen-bond donors (Lipinski definition) is 0. The standard InChI is InChI=1S/C20H27F3O3/c1-4-14-11-12-17(13-15(14)5-2)26-18(24)19(25-3,20(21,22)23)16-9-7-6-8-10-16/h6-10,14-15,17H,4-5,11-13H2,1-3H3/t14-,15+,17+,19?/m0/s1. The molecule has 3 nitrogen and oxygen atoms in total. The topological polar surface area (TPSA) is 35.5 Å². The molecule has 0 radical (unpaired) electrons. The summed E-state index contributed by atoms with van der Waals surface area (Å²) in [4.78, 5) is 12.7. The van der Waals surface area contributed by atoms with Gasteiger partial charge in [0.25, 0.3) is 5.60 Å². The monoisotopic (exact) mass is 372 g/mol. The number of ether oxygens (including phenoxy) is 2. The lowest BCUT2D eigenvalue weighted by atomic mass is 9.75. The molecule has 0 heterocycles. The number of esters is 1. The third-order valence-corrected chi connectivity index (χ3v) is 5.59. The Kier molecular flexibility index (Phi) is 6.72. The van der Waals surface area contributed by atoms with Crippen LogP contribution in [0.25, 0.3) is 0 Å². The van der Waals surface area contributed by atoms with Gasteiger partial charge in [-0.05, 0) is 31.1 Å². The van der Waals surface area contributed by atoms with E-state index in [2.05, 4.69) is 13.8 Å². The van der Waals surface area contributed by atoms with Crippen LogP contribution in [0.15, 0.2) is 30.3 Å². The van der Waals surface area contributed by atoms with Gasteiger partial charge in [-0.25, -0.2) is 4.79 Å². The fourth-order valence-corrected chi connectivity index (χ4v) is 4.05. The lowest BCUT2D eigenvalue weighted by molar-refractivity contribution is -0.278. The van der Waals surface area contributed by atoms with E-state index in [-0.39, 0.29) is 5.56 Å². The van der Waals surface area contributed by atoms with Gasteiger partial charge in [0.05, 0.1) is 0 Å². The second-order valence-corrected chi connectivity index (χ2v) is 6.93. The van der Waals surface area contributed by atoms with Gasteiger partial charge in [-0.1, -0.05) is 57.0 Å². The zero-order valence-electron chi connectivity index (χ0n) is 15.5. The van der Waals surface area contributed by atoms with Crippen molar-refractivity contribution in [3.63, 3.8) is 0 Å². The normalized spacial score (nSPS) is 26.2. The van der Waals surface area contributed by atoms with Crippen molar-refractivity contribution in [1.29, 1.82) is 0 Å². The summed E-state index contributed by atoms with van der Waals surface area (Å²) in [5, 5.41) is 0. The van der Waals surface area contributed by atoms with E-state index in [1.807, 2.05) is 0 Å². The highest BCUT2D eigenvalue weighted by atomic mass is 19.4. The molecular weight excluding hydrogens is 345 g/mol. The molecule has 0 saturated heterocycles. The van der Waals surface area contributed by atoms with Gasteiger partial charge in [0.2, 0.25) is 0 Å². The highest BCUT2D eigenvalue weighted by molar-refractivity contribution is 5.82. The Morgan fingerprint density at radius 3 is 2.19 bits per heavy atom. The van der Waals surface area contributed by atoms with Crippen LogP contribution in [0.3, 0.4) is 0 Å². The third-order valence-electron chi connectivity index (χ3n) is 5.59. The Bertz CT molecular complexity index is 588. The number of carbonyl (C=O) groups is 1. The van der Waals surface area contributed by atoms with Crippen molar-refractivity contribution >= 4 is 5.97 Å². The minimum atomic E-state index is -4.93. The molecule has 1 unspecified atom stereocenters. The Morgan fingerprint density at radius 1 is 1.08 bits per heavy atom. The molecule has 0 aromatic heterocycles. The first kappa shape index (κ1) is 20.7. The quantitative estimate of drug-likeness (QED) is 0.641. The minimum Gasteiger partial charge on any atom is -0.460 e. The highest BCUT2D eigenvalue weighted by Crippen LogP contribution is 2.44. The van der Waals surface area contributed by atoms with Crippen LogP contribution in [0.4, 0.5) is 13.2 Å². The number of rotatable bonds is 6. The number of hydrogen-bond acceptors (Lipinski definition) is 3. The molecule has 0 spiro atoms. The van der Waals surface area contributed by atoms with Crippen LogP contribution >= 0.6 is 0 Å². The summed E-state index contributed by atoms with van der Waals surface area (Å²) in [7, 11) is 0.893. The van der Waals surface area contributed by atoms with Crippen molar-refractivity contribution in [2.75, 3.05) is 7.11 Å². The lowest BCUT2D eigenvalue weighted by Gasteiger charge is -2.38. The minimum absolute atomic E-state index is 0.269. The average molecular weight is 372 g/mol. The van der Waals surface area contributed by atoms with Crippen LogP contribution < -0.4 is 0 Å². The molecule has 1 aromatic rings. The predicted octanol–water partition coefficient (Wildman–Crippen LogP) is 5.24. The number of carbonyl (C=O) groups excluding carboxylic acids is 1. The smallest absolute Gasteiger partial charge is 0.432 e. The summed E-state index contributed by atoms with van der Waals surface area (Å²) in [5.41, 5.74) is -3.37.